The monoisotopic (exact) mass is 198 g/mol. The van der Waals surface area contributed by atoms with Gasteiger partial charge in [0.25, 0.3) is 0 Å². The topological polar surface area (TPSA) is 15.3 Å². The van der Waals surface area contributed by atoms with Crippen LogP contribution in [0.25, 0.3) is 0 Å². The van der Waals surface area contributed by atoms with Crippen molar-refractivity contribution in [3.63, 3.8) is 0 Å². The second kappa shape index (κ2) is 5.13. The molecule has 0 saturated carbocycles. The van der Waals surface area contributed by atoms with Crippen LogP contribution in [0.3, 0.4) is 0 Å². The Hall–Kier alpha value is -0.0800. The van der Waals surface area contributed by atoms with Gasteiger partial charge in [0.1, 0.15) is 0 Å². The fourth-order valence-corrected chi connectivity index (χ4v) is 2.21. The molecule has 1 aliphatic rings. The zero-order chi connectivity index (χ0) is 10.6. The molecule has 1 N–H and O–H groups in total. The largest absolute Gasteiger partial charge is 0.316 e. The maximum absolute atomic E-state index is 3.46. The van der Waals surface area contributed by atoms with Gasteiger partial charge in [0.15, 0.2) is 0 Å². The maximum atomic E-state index is 3.46. The molecule has 0 bridgehead atoms. The Morgan fingerprint density at radius 3 is 2.64 bits per heavy atom. The van der Waals surface area contributed by atoms with Crippen LogP contribution in [0, 0.1) is 11.3 Å². The Morgan fingerprint density at radius 1 is 1.43 bits per heavy atom. The van der Waals surface area contributed by atoms with Gasteiger partial charge in [-0.25, -0.2) is 0 Å². The Kier molecular flexibility index (Phi) is 4.39. The second-order valence-corrected chi connectivity index (χ2v) is 5.66. The molecule has 0 aromatic heterocycles. The Labute approximate surface area is 89.1 Å². The van der Waals surface area contributed by atoms with Gasteiger partial charge < -0.3 is 10.2 Å². The number of hydrogen-bond acceptors (Lipinski definition) is 2. The van der Waals surface area contributed by atoms with E-state index in [9.17, 15) is 0 Å². The highest BCUT2D eigenvalue weighted by Crippen LogP contribution is 2.25. The lowest BCUT2D eigenvalue weighted by atomic mass is 9.89. The molecule has 0 radical (unpaired) electrons. The molecular weight excluding hydrogens is 172 g/mol. The van der Waals surface area contributed by atoms with Crippen LogP contribution in [0.1, 0.15) is 33.6 Å². The van der Waals surface area contributed by atoms with Crippen LogP contribution in [0.2, 0.25) is 0 Å². The van der Waals surface area contributed by atoms with Crippen LogP contribution in [0.4, 0.5) is 0 Å². The molecule has 1 rings (SSSR count). The van der Waals surface area contributed by atoms with E-state index in [0.717, 1.165) is 5.92 Å². The number of nitrogens with zero attached hydrogens (tertiary/aromatic N) is 1. The van der Waals surface area contributed by atoms with Crippen molar-refractivity contribution >= 4 is 0 Å². The first kappa shape index (κ1) is 12.0. The minimum atomic E-state index is 0.520. The third-order valence-corrected chi connectivity index (χ3v) is 3.20. The predicted octanol–water partition coefficient (Wildman–Crippen LogP) is 1.96. The fraction of sp³-hybridized carbons (Fsp3) is 1.00. The summed E-state index contributed by atoms with van der Waals surface area (Å²) in [5.41, 5.74) is 0.520. The van der Waals surface area contributed by atoms with Gasteiger partial charge in [-0.1, -0.05) is 20.8 Å². The van der Waals surface area contributed by atoms with E-state index in [1.165, 1.54) is 39.0 Å². The molecule has 2 heteroatoms. The summed E-state index contributed by atoms with van der Waals surface area (Å²) in [6.45, 7) is 11.9. The first-order valence-electron chi connectivity index (χ1n) is 5.91. The Bertz CT molecular complexity index is 160. The van der Waals surface area contributed by atoms with Crippen LogP contribution >= 0.6 is 0 Å². The van der Waals surface area contributed by atoms with Crippen molar-refractivity contribution in [2.75, 3.05) is 33.2 Å². The molecule has 0 spiro atoms. The molecule has 0 amide bonds. The van der Waals surface area contributed by atoms with Crippen molar-refractivity contribution in [1.29, 1.82) is 0 Å². The number of rotatable bonds is 5. The summed E-state index contributed by atoms with van der Waals surface area (Å²) < 4.78 is 0. The van der Waals surface area contributed by atoms with Crippen LogP contribution in [0.15, 0.2) is 0 Å². The van der Waals surface area contributed by atoms with E-state index in [-0.39, 0.29) is 0 Å². The summed E-state index contributed by atoms with van der Waals surface area (Å²) in [6.07, 6.45) is 2.65. The van der Waals surface area contributed by atoms with Crippen LogP contribution in [-0.4, -0.2) is 38.1 Å². The quantitative estimate of drug-likeness (QED) is 0.726. The molecule has 1 unspecified atom stereocenters. The van der Waals surface area contributed by atoms with Crippen molar-refractivity contribution in [1.82, 2.24) is 10.2 Å². The lowest BCUT2D eigenvalue weighted by molar-refractivity contribution is 0.201. The highest BCUT2D eigenvalue weighted by atomic mass is 15.1. The van der Waals surface area contributed by atoms with E-state index in [1.807, 2.05) is 0 Å². The minimum Gasteiger partial charge on any atom is -0.316 e. The standard InChI is InChI=1S/C12H26N2/c1-11(2)5-8-14(4)10-12(3)6-7-13-9-12/h11,13H,5-10H2,1-4H3. The fourth-order valence-electron chi connectivity index (χ4n) is 2.21. The van der Waals surface area contributed by atoms with E-state index >= 15 is 0 Å². The SMILES string of the molecule is CC(C)CCN(C)CC1(C)CCNC1. The molecule has 14 heavy (non-hydrogen) atoms. The normalized spacial score (nSPS) is 27.9. The van der Waals surface area contributed by atoms with E-state index < -0.39 is 0 Å². The zero-order valence-corrected chi connectivity index (χ0v) is 10.3. The summed E-state index contributed by atoms with van der Waals surface area (Å²) in [5.74, 6) is 0.826. The molecule has 1 atom stereocenters. The number of nitrogens with one attached hydrogen (secondary N) is 1. The molecule has 1 saturated heterocycles. The average Bonchev–Trinajstić information content (AvgIpc) is 2.48. The van der Waals surface area contributed by atoms with Crippen LogP contribution in [-0.2, 0) is 0 Å². The van der Waals surface area contributed by atoms with Gasteiger partial charge >= 0.3 is 0 Å². The van der Waals surface area contributed by atoms with Gasteiger partial charge in [0.05, 0.1) is 0 Å². The van der Waals surface area contributed by atoms with Crippen molar-refractivity contribution in [2.24, 2.45) is 11.3 Å². The molecule has 1 fully saturated rings. The highest BCUT2D eigenvalue weighted by Gasteiger charge is 2.29. The van der Waals surface area contributed by atoms with Gasteiger partial charge in [-0.3, -0.25) is 0 Å². The molecule has 0 aliphatic carbocycles. The third kappa shape index (κ3) is 3.97. The molecule has 0 aromatic carbocycles. The Morgan fingerprint density at radius 2 is 2.14 bits per heavy atom. The molecule has 84 valence electrons. The second-order valence-electron chi connectivity index (χ2n) is 5.66. The Balaban J connectivity index is 2.21. The van der Waals surface area contributed by atoms with Crippen LogP contribution in [0.5, 0.6) is 0 Å². The van der Waals surface area contributed by atoms with Gasteiger partial charge in [-0.15, -0.1) is 0 Å². The first-order valence-corrected chi connectivity index (χ1v) is 5.91. The summed E-state index contributed by atoms with van der Waals surface area (Å²) >= 11 is 0. The van der Waals surface area contributed by atoms with Gasteiger partial charge in [0, 0.05) is 13.1 Å². The molecule has 1 heterocycles. The van der Waals surface area contributed by atoms with Crippen molar-refractivity contribution < 1.29 is 0 Å². The summed E-state index contributed by atoms with van der Waals surface area (Å²) in [6, 6.07) is 0. The maximum Gasteiger partial charge on any atom is 0.00449 e. The van der Waals surface area contributed by atoms with E-state index in [0.29, 0.717) is 5.41 Å². The van der Waals surface area contributed by atoms with E-state index in [4.69, 9.17) is 0 Å². The van der Waals surface area contributed by atoms with Gasteiger partial charge in [-0.05, 0) is 44.3 Å². The van der Waals surface area contributed by atoms with Crippen molar-refractivity contribution in [2.45, 2.75) is 33.6 Å². The molecule has 1 aliphatic heterocycles. The predicted molar refractivity (Wildman–Crippen MR) is 62.5 cm³/mol. The lowest BCUT2D eigenvalue weighted by Gasteiger charge is -2.29. The van der Waals surface area contributed by atoms with E-state index in [2.05, 4.69) is 38.0 Å². The smallest absolute Gasteiger partial charge is 0.00449 e. The zero-order valence-electron chi connectivity index (χ0n) is 10.3. The van der Waals surface area contributed by atoms with Crippen molar-refractivity contribution in [3.05, 3.63) is 0 Å². The first-order chi connectivity index (χ1) is 6.52. The third-order valence-electron chi connectivity index (χ3n) is 3.20. The molecule has 2 nitrogen and oxygen atoms in total. The van der Waals surface area contributed by atoms with E-state index in [1.54, 1.807) is 0 Å². The molecular formula is C12H26N2. The van der Waals surface area contributed by atoms with Crippen molar-refractivity contribution in [3.8, 4) is 0 Å². The molecule has 0 aromatic rings. The lowest BCUT2D eigenvalue weighted by Crippen LogP contribution is -2.35. The van der Waals surface area contributed by atoms with Crippen LogP contribution < -0.4 is 5.32 Å². The number of hydrogen-bond donors (Lipinski definition) is 1. The average molecular weight is 198 g/mol. The van der Waals surface area contributed by atoms with Gasteiger partial charge in [-0.2, -0.15) is 0 Å². The summed E-state index contributed by atoms with van der Waals surface area (Å²) in [5, 5.41) is 3.46. The minimum absolute atomic E-state index is 0.520. The van der Waals surface area contributed by atoms with Gasteiger partial charge in [0.2, 0.25) is 0 Å². The highest BCUT2D eigenvalue weighted by molar-refractivity contribution is 4.85. The summed E-state index contributed by atoms with van der Waals surface area (Å²) in [7, 11) is 2.26. The summed E-state index contributed by atoms with van der Waals surface area (Å²) in [4.78, 5) is 2.49.